The van der Waals surface area contributed by atoms with E-state index in [0.29, 0.717) is 5.69 Å². The highest BCUT2D eigenvalue weighted by atomic mass is 16.5. The number of amides is 2. The number of carbonyl (C=O) groups is 2. The molecule has 0 fully saturated rings. The number of quaternary nitrogens is 1. The van der Waals surface area contributed by atoms with Crippen LogP contribution in [-0.2, 0) is 9.59 Å². The van der Waals surface area contributed by atoms with Crippen molar-refractivity contribution < 1.29 is 19.2 Å². The number of benzene rings is 3. The molecule has 1 unspecified atom stereocenters. The first-order valence-electron chi connectivity index (χ1n) is 9.98. The van der Waals surface area contributed by atoms with Gasteiger partial charge < -0.3 is 20.3 Å². The molecule has 3 rings (SSSR count). The Morgan fingerprint density at radius 3 is 2.30 bits per heavy atom. The molecule has 0 saturated carbocycles. The lowest BCUT2D eigenvalue weighted by atomic mass is 10.0. The Bertz CT molecular complexity index is 1020. The highest BCUT2D eigenvalue weighted by molar-refractivity contribution is 5.91. The molecule has 0 aromatic heterocycles. The monoisotopic (exact) mass is 406 g/mol. The van der Waals surface area contributed by atoms with Gasteiger partial charge in [0, 0.05) is 5.69 Å². The fourth-order valence-corrected chi connectivity index (χ4v) is 3.34. The zero-order chi connectivity index (χ0) is 21.5. The largest absolute Gasteiger partial charge is 0.497 e. The van der Waals surface area contributed by atoms with Crippen LogP contribution in [0.15, 0.2) is 66.7 Å². The van der Waals surface area contributed by atoms with Crippen LogP contribution in [0.1, 0.15) is 18.5 Å². The summed E-state index contributed by atoms with van der Waals surface area (Å²) in [6.07, 6.45) is 0. The van der Waals surface area contributed by atoms with Crippen LogP contribution in [0.2, 0.25) is 0 Å². The third kappa shape index (κ3) is 5.81. The molecule has 0 aliphatic rings. The Morgan fingerprint density at radius 1 is 0.933 bits per heavy atom. The second-order valence-electron chi connectivity index (χ2n) is 7.48. The third-order valence-corrected chi connectivity index (χ3v) is 4.95. The summed E-state index contributed by atoms with van der Waals surface area (Å²) in [5.41, 5.74) is 1.75. The fraction of sp³-hybridized carbons (Fsp3) is 0.250. The van der Waals surface area contributed by atoms with Crippen LogP contribution < -0.4 is 20.3 Å². The molecule has 6 heteroatoms. The first kappa shape index (κ1) is 21.3. The lowest BCUT2D eigenvalue weighted by molar-refractivity contribution is -0.862. The van der Waals surface area contributed by atoms with E-state index in [2.05, 4.69) is 34.9 Å². The van der Waals surface area contributed by atoms with E-state index < -0.39 is 0 Å². The number of methoxy groups -OCH3 is 1. The zero-order valence-corrected chi connectivity index (χ0v) is 17.6. The maximum atomic E-state index is 12.4. The summed E-state index contributed by atoms with van der Waals surface area (Å²) in [6, 6.07) is 21.4. The van der Waals surface area contributed by atoms with Gasteiger partial charge in [0.25, 0.3) is 11.8 Å². The quantitative estimate of drug-likeness (QED) is 0.537. The van der Waals surface area contributed by atoms with Gasteiger partial charge in [-0.2, -0.15) is 0 Å². The fourth-order valence-electron chi connectivity index (χ4n) is 3.34. The van der Waals surface area contributed by atoms with Gasteiger partial charge in [0.05, 0.1) is 20.2 Å². The van der Waals surface area contributed by atoms with Crippen molar-refractivity contribution in [2.75, 3.05) is 32.6 Å². The van der Waals surface area contributed by atoms with Crippen molar-refractivity contribution in [1.82, 2.24) is 5.32 Å². The highest BCUT2D eigenvalue weighted by Crippen LogP contribution is 2.20. The van der Waals surface area contributed by atoms with Crippen molar-refractivity contribution in [3.05, 3.63) is 72.3 Å². The van der Waals surface area contributed by atoms with Gasteiger partial charge in [0.15, 0.2) is 13.1 Å². The number of carbonyl (C=O) groups excluding carboxylic acids is 2. The minimum Gasteiger partial charge on any atom is -0.497 e. The van der Waals surface area contributed by atoms with Crippen LogP contribution in [0.3, 0.4) is 0 Å². The zero-order valence-electron chi connectivity index (χ0n) is 17.6. The minimum absolute atomic E-state index is 0.0922. The van der Waals surface area contributed by atoms with E-state index in [4.69, 9.17) is 4.74 Å². The Labute approximate surface area is 176 Å². The SMILES string of the molecule is COc1ccc(NC(=O)C[NH+](C)CC(=O)N[C@H](C)c2ccc3ccccc3c2)cc1. The van der Waals surface area contributed by atoms with Gasteiger partial charge in [-0.15, -0.1) is 0 Å². The molecule has 3 N–H and O–H groups in total. The molecule has 3 aromatic carbocycles. The van der Waals surface area contributed by atoms with E-state index >= 15 is 0 Å². The maximum Gasteiger partial charge on any atom is 0.279 e. The predicted molar refractivity (Wildman–Crippen MR) is 119 cm³/mol. The van der Waals surface area contributed by atoms with E-state index in [0.717, 1.165) is 21.6 Å². The molecule has 0 bridgehead atoms. The average molecular weight is 407 g/mol. The van der Waals surface area contributed by atoms with Gasteiger partial charge in [-0.25, -0.2) is 0 Å². The van der Waals surface area contributed by atoms with E-state index in [1.807, 2.05) is 32.2 Å². The molecule has 6 nitrogen and oxygen atoms in total. The van der Waals surface area contributed by atoms with E-state index in [1.54, 1.807) is 31.4 Å². The van der Waals surface area contributed by atoms with Crippen molar-refractivity contribution in [3.8, 4) is 5.75 Å². The number of nitrogens with one attached hydrogen (secondary N) is 3. The first-order valence-corrected chi connectivity index (χ1v) is 9.98. The minimum atomic E-state index is -0.145. The lowest BCUT2D eigenvalue weighted by Gasteiger charge is -2.18. The van der Waals surface area contributed by atoms with Gasteiger partial charge in [0.2, 0.25) is 0 Å². The number of anilines is 1. The molecule has 0 radical (unpaired) electrons. The van der Waals surface area contributed by atoms with Crippen molar-refractivity contribution in [2.45, 2.75) is 13.0 Å². The summed E-state index contributed by atoms with van der Waals surface area (Å²) < 4.78 is 5.11. The topological polar surface area (TPSA) is 71.9 Å². The maximum absolute atomic E-state index is 12.4. The predicted octanol–water partition coefficient (Wildman–Crippen LogP) is 2.18. The summed E-state index contributed by atoms with van der Waals surface area (Å²) in [7, 11) is 3.42. The van der Waals surface area contributed by atoms with Crippen molar-refractivity contribution >= 4 is 28.3 Å². The Morgan fingerprint density at radius 2 is 1.60 bits per heavy atom. The van der Waals surface area contributed by atoms with Crippen molar-refractivity contribution in [1.29, 1.82) is 0 Å². The molecule has 0 saturated heterocycles. The van der Waals surface area contributed by atoms with Crippen LogP contribution in [0, 0.1) is 0 Å². The van der Waals surface area contributed by atoms with Crippen LogP contribution in [0.25, 0.3) is 10.8 Å². The van der Waals surface area contributed by atoms with Gasteiger partial charge in [-0.1, -0.05) is 36.4 Å². The molecular weight excluding hydrogens is 378 g/mol. The summed E-state index contributed by atoms with van der Waals surface area (Å²) in [6.45, 7) is 2.38. The summed E-state index contributed by atoms with van der Waals surface area (Å²) in [5.74, 6) is 0.492. The van der Waals surface area contributed by atoms with Gasteiger partial charge in [0.1, 0.15) is 5.75 Å². The van der Waals surface area contributed by atoms with Gasteiger partial charge >= 0.3 is 0 Å². The number of likely N-dealkylation sites (N-methyl/N-ethyl adjacent to an activating group) is 1. The summed E-state index contributed by atoms with van der Waals surface area (Å²) >= 11 is 0. The Hall–Kier alpha value is -3.38. The molecular formula is C24H28N3O3+. The Kier molecular flexibility index (Phi) is 7.03. The lowest BCUT2D eigenvalue weighted by Crippen LogP contribution is -3.11. The third-order valence-electron chi connectivity index (χ3n) is 4.95. The average Bonchev–Trinajstić information content (AvgIpc) is 2.73. The molecule has 0 spiro atoms. The molecule has 30 heavy (non-hydrogen) atoms. The van der Waals surface area contributed by atoms with Gasteiger partial charge in [-0.3, -0.25) is 9.59 Å². The van der Waals surface area contributed by atoms with Crippen molar-refractivity contribution in [3.63, 3.8) is 0 Å². The Balaban J connectivity index is 1.48. The molecule has 3 aromatic rings. The second kappa shape index (κ2) is 9.89. The van der Waals surface area contributed by atoms with Crippen LogP contribution in [0.4, 0.5) is 5.69 Å². The summed E-state index contributed by atoms with van der Waals surface area (Å²) in [4.78, 5) is 25.5. The molecule has 0 aliphatic carbocycles. The molecule has 2 amide bonds. The van der Waals surface area contributed by atoms with Crippen LogP contribution in [-0.4, -0.2) is 39.1 Å². The molecule has 2 atom stereocenters. The number of hydrogen-bond donors (Lipinski definition) is 3. The van der Waals surface area contributed by atoms with Crippen LogP contribution >= 0.6 is 0 Å². The van der Waals surface area contributed by atoms with Crippen LogP contribution in [0.5, 0.6) is 5.75 Å². The van der Waals surface area contributed by atoms with Crippen molar-refractivity contribution in [2.24, 2.45) is 0 Å². The molecule has 156 valence electrons. The molecule has 0 heterocycles. The summed E-state index contributed by atoms with van der Waals surface area (Å²) in [5, 5.41) is 8.18. The standard InChI is InChI=1S/C24H27N3O3/c1-17(19-9-8-18-6-4-5-7-20(18)14-19)25-23(28)15-27(2)16-24(29)26-21-10-12-22(30-3)13-11-21/h4-14,17H,15-16H2,1-3H3,(H,25,28)(H,26,29)/p+1/t17-/m1/s1. The second-order valence-corrected chi connectivity index (χ2v) is 7.48. The van der Waals surface area contributed by atoms with Gasteiger partial charge in [-0.05, 0) is 53.6 Å². The number of ether oxygens (including phenoxy) is 1. The molecule has 0 aliphatic heterocycles. The number of rotatable bonds is 8. The smallest absolute Gasteiger partial charge is 0.279 e. The normalized spacial score (nSPS) is 12.8. The number of fused-ring (bicyclic) bond motifs is 1. The van der Waals surface area contributed by atoms with E-state index in [1.165, 1.54) is 5.39 Å². The van der Waals surface area contributed by atoms with E-state index in [9.17, 15) is 9.59 Å². The highest BCUT2D eigenvalue weighted by Gasteiger charge is 2.17. The first-order chi connectivity index (χ1) is 14.4. The van der Waals surface area contributed by atoms with E-state index in [-0.39, 0.29) is 30.9 Å². The number of hydrogen-bond acceptors (Lipinski definition) is 3.